The lowest BCUT2D eigenvalue weighted by molar-refractivity contribution is 0.0623. The smallest absolute Gasteiger partial charge is 0.342 e. The summed E-state index contributed by atoms with van der Waals surface area (Å²) in [4.78, 5) is 28.5. The molecule has 8 nitrogen and oxygen atoms in total. The molecule has 8 heteroatoms. The number of hydrogen-bond acceptors (Lipinski definition) is 5. The van der Waals surface area contributed by atoms with Gasteiger partial charge in [0.05, 0.1) is 29.7 Å². The van der Waals surface area contributed by atoms with Crippen LogP contribution in [0.2, 0.25) is 0 Å². The van der Waals surface area contributed by atoms with Crippen molar-refractivity contribution in [2.75, 3.05) is 26.7 Å². The molecule has 170 valence electrons. The van der Waals surface area contributed by atoms with Crippen LogP contribution >= 0.6 is 0 Å². The summed E-state index contributed by atoms with van der Waals surface area (Å²) in [6, 6.07) is 5.85. The first-order valence-corrected chi connectivity index (χ1v) is 11.6. The Morgan fingerprint density at radius 3 is 2.84 bits per heavy atom. The molecule has 1 saturated carbocycles. The third-order valence-corrected chi connectivity index (χ3v) is 7.35. The highest BCUT2D eigenvalue weighted by molar-refractivity contribution is 6.07. The molecule has 3 heterocycles. The second kappa shape index (κ2) is 8.58. The third-order valence-electron chi connectivity index (χ3n) is 7.35. The van der Waals surface area contributed by atoms with Crippen LogP contribution in [-0.4, -0.2) is 58.1 Å². The SMILES string of the molecule is COc1ccc2c(c1)c1c(cnn1C(=O)NCCN1CCC[C@@H]3CCCCC31)c(=O)n2C. The Morgan fingerprint density at radius 2 is 2.00 bits per heavy atom. The molecule has 2 aromatic heterocycles. The predicted molar refractivity (Wildman–Crippen MR) is 124 cm³/mol. The summed E-state index contributed by atoms with van der Waals surface area (Å²) in [6.07, 6.45) is 9.37. The highest BCUT2D eigenvalue weighted by atomic mass is 16.5. The van der Waals surface area contributed by atoms with Crippen molar-refractivity contribution >= 4 is 27.8 Å². The Kier molecular flexibility index (Phi) is 5.63. The maximum absolute atomic E-state index is 13.1. The lowest BCUT2D eigenvalue weighted by atomic mass is 9.78. The summed E-state index contributed by atoms with van der Waals surface area (Å²) < 4.78 is 8.27. The first-order valence-electron chi connectivity index (χ1n) is 11.6. The molecule has 2 atom stereocenters. The van der Waals surface area contributed by atoms with Crippen LogP contribution in [0.4, 0.5) is 4.79 Å². The van der Waals surface area contributed by atoms with Crippen molar-refractivity contribution in [3.05, 3.63) is 34.7 Å². The third kappa shape index (κ3) is 3.56. The zero-order chi connectivity index (χ0) is 22.2. The van der Waals surface area contributed by atoms with Crippen molar-refractivity contribution in [2.24, 2.45) is 13.0 Å². The zero-order valence-corrected chi connectivity index (χ0v) is 18.8. The monoisotopic (exact) mass is 437 g/mol. The molecule has 1 saturated heterocycles. The van der Waals surface area contributed by atoms with Crippen molar-refractivity contribution in [3.8, 4) is 5.75 Å². The number of carbonyl (C=O) groups excluding carboxylic acids is 1. The summed E-state index contributed by atoms with van der Waals surface area (Å²) in [7, 11) is 3.33. The van der Waals surface area contributed by atoms with E-state index in [2.05, 4.69) is 15.3 Å². The van der Waals surface area contributed by atoms with Gasteiger partial charge >= 0.3 is 6.03 Å². The van der Waals surface area contributed by atoms with Gasteiger partial charge < -0.3 is 14.6 Å². The van der Waals surface area contributed by atoms with Gasteiger partial charge in [-0.25, -0.2) is 4.79 Å². The summed E-state index contributed by atoms with van der Waals surface area (Å²) in [5.74, 6) is 1.48. The van der Waals surface area contributed by atoms with Crippen LogP contribution in [0.25, 0.3) is 21.8 Å². The van der Waals surface area contributed by atoms with Gasteiger partial charge in [-0.2, -0.15) is 9.78 Å². The van der Waals surface area contributed by atoms with Crippen molar-refractivity contribution < 1.29 is 9.53 Å². The number of amides is 1. The van der Waals surface area contributed by atoms with Crippen LogP contribution in [0.5, 0.6) is 5.75 Å². The molecule has 1 aromatic carbocycles. The fourth-order valence-corrected chi connectivity index (χ4v) is 5.72. The van der Waals surface area contributed by atoms with E-state index < -0.39 is 0 Å². The Hall–Kier alpha value is -2.87. The van der Waals surface area contributed by atoms with Crippen molar-refractivity contribution in [3.63, 3.8) is 0 Å². The molecule has 3 aromatic rings. The maximum Gasteiger partial charge on any atom is 0.342 e. The van der Waals surface area contributed by atoms with E-state index in [1.165, 1.54) is 49.4 Å². The first kappa shape index (κ1) is 21.0. The van der Waals surface area contributed by atoms with Crippen molar-refractivity contribution in [1.29, 1.82) is 0 Å². The van der Waals surface area contributed by atoms with Gasteiger partial charge in [0, 0.05) is 31.6 Å². The number of nitrogens with one attached hydrogen (secondary N) is 1. The molecule has 0 spiro atoms. The quantitative estimate of drug-likeness (QED) is 0.678. The number of carbonyl (C=O) groups is 1. The predicted octanol–water partition coefficient (Wildman–Crippen LogP) is 3.11. The van der Waals surface area contributed by atoms with Crippen LogP contribution in [0.15, 0.2) is 29.2 Å². The fraction of sp³-hybridized carbons (Fsp3) is 0.542. The molecule has 0 radical (unpaired) electrons. The lowest BCUT2D eigenvalue weighted by Gasteiger charge is -2.44. The van der Waals surface area contributed by atoms with E-state index in [9.17, 15) is 9.59 Å². The second-order valence-corrected chi connectivity index (χ2v) is 9.09. The molecule has 1 aliphatic carbocycles. The van der Waals surface area contributed by atoms with E-state index in [-0.39, 0.29) is 11.6 Å². The Labute approximate surface area is 187 Å². The first-order chi connectivity index (χ1) is 15.6. The molecule has 2 fully saturated rings. The van der Waals surface area contributed by atoms with Crippen molar-refractivity contribution in [2.45, 2.75) is 44.6 Å². The molecule has 5 rings (SSSR count). The number of hydrogen-bond donors (Lipinski definition) is 1. The summed E-state index contributed by atoms with van der Waals surface area (Å²) >= 11 is 0. The molecule has 2 aliphatic rings. The van der Waals surface area contributed by atoms with Crippen LogP contribution < -0.4 is 15.6 Å². The van der Waals surface area contributed by atoms with E-state index >= 15 is 0 Å². The van der Waals surface area contributed by atoms with Gasteiger partial charge in [0.1, 0.15) is 5.75 Å². The minimum Gasteiger partial charge on any atom is -0.497 e. The summed E-state index contributed by atoms with van der Waals surface area (Å²) in [5, 5.41) is 8.48. The highest BCUT2D eigenvalue weighted by Gasteiger charge is 2.32. The number of aryl methyl sites for hydroxylation is 1. The number of pyridine rings is 1. The fourth-order valence-electron chi connectivity index (χ4n) is 5.72. The van der Waals surface area contributed by atoms with E-state index in [0.29, 0.717) is 29.2 Å². The average molecular weight is 438 g/mol. The van der Waals surface area contributed by atoms with Crippen LogP contribution in [-0.2, 0) is 7.05 Å². The van der Waals surface area contributed by atoms with Crippen LogP contribution in [0.1, 0.15) is 38.5 Å². The van der Waals surface area contributed by atoms with Gasteiger partial charge in [0.2, 0.25) is 0 Å². The number of likely N-dealkylation sites (tertiary alicyclic amines) is 1. The lowest BCUT2D eigenvalue weighted by Crippen LogP contribution is -2.49. The van der Waals surface area contributed by atoms with E-state index in [0.717, 1.165) is 29.9 Å². The summed E-state index contributed by atoms with van der Waals surface area (Å²) in [6.45, 7) is 2.53. The molecule has 1 amide bonds. The van der Waals surface area contributed by atoms with E-state index in [1.54, 1.807) is 18.7 Å². The Bertz CT molecular complexity index is 1210. The normalized spacial score (nSPS) is 21.6. The van der Waals surface area contributed by atoms with Crippen LogP contribution in [0, 0.1) is 5.92 Å². The van der Waals surface area contributed by atoms with Crippen LogP contribution in [0.3, 0.4) is 0 Å². The largest absolute Gasteiger partial charge is 0.497 e. The zero-order valence-electron chi connectivity index (χ0n) is 18.8. The topological polar surface area (TPSA) is 81.4 Å². The Balaban J connectivity index is 1.38. The number of rotatable bonds is 4. The van der Waals surface area contributed by atoms with Gasteiger partial charge in [-0.15, -0.1) is 0 Å². The maximum atomic E-state index is 13.1. The number of piperidine rings is 1. The molecular weight excluding hydrogens is 406 g/mol. The minimum absolute atomic E-state index is 0.173. The van der Waals surface area contributed by atoms with Gasteiger partial charge in [0.15, 0.2) is 0 Å². The molecule has 1 N–H and O–H groups in total. The van der Waals surface area contributed by atoms with Gasteiger partial charge in [-0.1, -0.05) is 12.8 Å². The number of benzene rings is 1. The molecule has 32 heavy (non-hydrogen) atoms. The minimum atomic E-state index is -0.311. The Morgan fingerprint density at radius 1 is 1.19 bits per heavy atom. The highest BCUT2D eigenvalue weighted by Crippen LogP contribution is 2.35. The average Bonchev–Trinajstić information content (AvgIpc) is 3.28. The number of aromatic nitrogens is 3. The molecule has 0 bridgehead atoms. The molecule has 1 unspecified atom stereocenters. The number of ether oxygens (including phenoxy) is 1. The number of nitrogens with zero attached hydrogens (tertiary/aromatic N) is 4. The number of fused-ring (bicyclic) bond motifs is 4. The molecular formula is C24H31N5O3. The number of methoxy groups -OCH3 is 1. The molecule has 1 aliphatic heterocycles. The van der Waals surface area contributed by atoms with Gasteiger partial charge in [-0.05, 0) is 56.3 Å². The van der Waals surface area contributed by atoms with E-state index in [1.807, 2.05) is 18.2 Å². The van der Waals surface area contributed by atoms with E-state index in [4.69, 9.17) is 4.74 Å². The summed E-state index contributed by atoms with van der Waals surface area (Å²) in [5.41, 5.74) is 1.08. The van der Waals surface area contributed by atoms with Crippen molar-refractivity contribution in [1.82, 2.24) is 24.6 Å². The van der Waals surface area contributed by atoms with Gasteiger partial charge in [0.25, 0.3) is 5.56 Å². The van der Waals surface area contributed by atoms with Gasteiger partial charge in [-0.3, -0.25) is 9.69 Å². The second-order valence-electron chi connectivity index (χ2n) is 9.09. The standard InChI is InChI=1S/C24H31N5O3/c1-27-21-10-9-17(32-2)14-18(21)22-19(23(27)30)15-26-29(22)24(31)25-11-13-28-12-5-7-16-6-3-4-8-20(16)28/h9-10,14-16,20H,3-8,11-13H2,1-2H3,(H,25,31)/t16-,20?/m0/s1.